The number of para-hydroxylation sites is 1. The van der Waals surface area contributed by atoms with Crippen LogP contribution in [0.3, 0.4) is 0 Å². The highest BCUT2D eigenvalue weighted by atomic mass is 32.1. The first kappa shape index (κ1) is 16.7. The summed E-state index contributed by atoms with van der Waals surface area (Å²) in [5.74, 6) is 0. The number of aryl methyl sites for hydroxylation is 1. The number of benzene rings is 1. The summed E-state index contributed by atoms with van der Waals surface area (Å²) in [6, 6.07) is 10.4. The number of carbonyl (C=O) groups is 1. The zero-order valence-electron chi connectivity index (χ0n) is 13.9. The van der Waals surface area contributed by atoms with Crippen LogP contribution >= 0.6 is 11.3 Å². The van der Waals surface area contributed by atoms with Crippen LogP contribution in [0.1, 0.15) is 31.2 Å². The van der Waals surface area contributed by atoms with Crippen molar-refractivity contribution >= 4 is 28.2 Å². The fourth-order valence-electron chi connectivity index (χ4n) is 2.86. The minimum Gasteiger partial charge on any atom is -0.371 e. The summed E-state index contributed by atoms with van der Waals surface area (Å²) in [7, 11) is 0. The van der Waals surface area contributed by atoms with E-state index in [2.05, 4.69) is 56.9 Å². The molecule has 0 spiro atoms. The van der Waals surface area contributed by atoms with E-state index in [1.807, 2.05) is 6.07 Å². The minimum atomic E-state index is -0.188. The molecular weight excluding hydrogens is 322 g/mol. The number of anilines is 2. The maximum atomic E-state index is 12.1. The Bertz CT molecular complexity index is 652. The van der Waals surface area contributed by atoms with Gasteiger partial charge in [-0.05, 0) is 31.4 Å². The molecule has 6 nitrogen and oxygen atoms in total. The fourth-order valence-corrected chi connectivity index (χ4v) is 3.69. The third-order valence-corrected chi connectivity index (χ3v) is 5.00. The average molecular weight is 345 g/mol. The van der Waals surface area contributed by atoms with Crippen molar-refractivity contribution in [2.45, 2.75) is 38.6 Å². The zero-order chi connectivity index (χ0) is 16.8. The second-order valence-electron chi connectivity index (χ2n) is 5.95. The van der Waals surface area contributed by atoms with Gasteiger partial charge in [0, 0.05) is 31.2 Å². The lowest BCUT2D eigenvalue weighted by Gasteiger charge is -2.33. The molecule has 2 heterocycles. The van der Waals surface area contributed by atoms with Gasteiger partial charge in [0.1, 0.15) is 5.01 Å². The van der Waals surface area contributed by atoms with E-state index in [4.69, 9.17) is 0 Å². The van der Waals surface area contributed by atoms with E-state index in [9.17, 15) is 4.79 Å². The molecule has 1 aromatic carbocycles. The highest BCUT2D eigenvalue weighted by molar-refractivity contribution is 7.15. The summed E-state index contributed by atoms with van der Waals surface area (Å²) in [6.45, 7) is 4.01. The molecule has 24 heavy (non-hydrogen) atoms. The molecule has 2 amide bonds. The number of rotatable bonds is 5. The number of hydrogen-bond acceptors (Lipinski definition) is 5. The van der Waals surface area contributed by atoms with Crippen LogP contribution in [0.4, 0.5) is 15.6 Å². The van der Waals surface area contributed by atoms with Gasteiger partial charge in [0.2, 0.25) is 5.13 Å². The SMILES string of the molecule is CCCc1nnc(NC(=O)NC2CCN(c3ccccc3)CC2)s1. The maximum Gasteiger partial charge on any atom is 0.321 e. The number of carbonyl (C=O) groups excluding carboxylic acids is 1. The molecule has 0 radical (unpaired) electrons. The number of urea groups is 1. The molecule has 2 N–H and O–H groups in total. The first-order valence-electron chi connectivity index (χ1n) is 8.44. The normalized spacial score (nSPS) is 15.3. The quantitative estimate of drug-likeness (QED) is 0.872. The Balaban J connectivity index is 1.44. The van der Waals surface area contributed by atoms with Gasteiger partial charge in [0.05, 0.1) is 0 Å². The first-order valence-corrected chi connectivity index (χ1v) is 9.26. The predicted molar refractivity (Wildman–Crippen MR) is 97.7 cm³/mol. The largest absolute Gasteiger partial charge is 0.371 e. The maximum absolute atomic E-state index is 12.1. The smallest absolute Gasteiger partial charge is 0.321 e. The Morgan fingerprint density at radius 2 is 2.00 bits per heavy atom. The van der Waals surface area contributed by atoms with E-state index >= 15 is 0 Å². The van der Waals surface area contributed by atoms with Crippen molar-refractivity contribution in [1.29, 1.82) is 0 Å². The molecule has 2 aromatic rings. The van der Waals surface area contributed by atoms with Crippen molar-refractivity contribution in [2.24, 2.45) is 0 Å². The first-order chi connectivity index (χ1) is 11.7. The van der Waals surface area contributed by atoms with Gasteiger partial charge in [-0.25, -0.2) is 4.79 Å². The Morgan fingerprint density at radius 3 is 2.71 bits per heavy atom. The zero-order valence-corrected chi connectivity index (χ0v) is 14.7. The minimum absolute atomic E-state index is 0.188. The van der Waals surface area contributed by atoms with Crippen LogP contribution in [0.2, 0.25) is 0 Å². The molecule has 1 saturated heterocycles. The molecule has 1 fully saturated rings. The molecule has 0 bridgehead atoms. The lowest BCUT2D eigenvalue weighted by molar-refractivity contribution is 0.246. The Morgan fingerprint density at radius 1 is 1.25 bits per heavy atom. The van der Waals surface area contributed by atoms with Crippen LogP contribution in [-0.4, -0.2) is 35.4 Å². The van der Waals surface area contributed by atoms with Gasteiger partial charge in [-0.15, -0.1) is 10.2 Å². The van der Waals surface area contributed by atoms with Crippen LogP contribution in [0.5, 0.6) is 0 Å². The molecule has 0 unspecified atom stereocenters. The predicted octanol–water partition coefficient (Wildman–Crippen LogP) is 3.28. The standard InChI is InChI=1S/C17H23N5OS/c1-2-6-15-20-21-17(24-15)19-16(23)18-13-9-11-22(12-10-13)14-7-4-3-5-8-14/h3-5,7-8,13H,2,6,9-12H2,1H3,(H2,18,19,21,23). The van der Waals surface area contributed by atoms with Crippen molar-refractivity contribution < 1.29 is 4.79 Å². The molecule has 0 aliphatic carbocycles. The Kier molecular flexibility index (Phi) is 5.63. The van der Waals surface area contributed by atoms with E-state index in [-0.39, 0.29) is 12.1 Å². The lowest BCUT2D eigenvalue weighted by atomic mass is 10.0. The highest BCUT2D eigenvalue weighted by Crippen LogP contribution is 2.20. The lowest BCUT2D eigenvalue weighted by Crippen LogP contribution is -2.46. The monoisotopic (exact) mass is 345 g/mol. The van der Waals surface area contributed by atoms with Gasteiger partial charge in [-0.3, -0.25) is 5.32 Å². The second kappa shape index (κ2) is 8.10. The third kappa shape index (κ3) is 4.44. The molecular formula is C17H23N5OS. The highest BCUT2D eigenvalue weighted by Gasteiger charge is 2.21. The molecule has 0 saturated carbocycles. The number of hydrogen-bond donors (Lipinski definition) is 2. The van der Waals surface area contributed by atoms with Crippen molar-refractivity contribution in [2.75, 3.05) is 23.3 Å². The number of amides is 2. The molecule has 128 valence electrons. The summed E-state index contributed by atoms with van der Waals surface area (Å²) in [5.41, 5.74) is 1.25. The number of piperidine rings is 1. The van der Waals surface area contributed by atoms with Gasteiger partial charge in [0.25, 0.3) is 0 Å². The molecule has 1 aliphatic rings. The van der Waals surface area contributed by atoms with Crippen molar-refractivity contribution in [3.05, 3.63) is 35.3 Å². The fraction of sp³-hybridized carbons (Fsp3) is 0.471. The van der Waals surface area contributed by atoms with E-state index < -0.39 is 0 Å². The van der Waals surface area contributed by atoms with Crippen molar-refractivity contribution in [3.63, 3.8) is 0 Å². The van der Waals surface area contributed by atoms with Crippen LogP contribution in [-0.2, 0) is 6.42 Å². The number of nitrogens with one attached hydrogen (secondary N) is 2. The van der Waals surface area contributed by atoms with Crippen LogP contribution in [0.25, 0.3) is 0 Å². The summed E-state index contributed by atoms with van der Waals surface area (Å²) in [6.07, 6.45) is 3.82. The summed E-state index contributed by atoms with van der Waals surface area (Å²) >= 11 is 1.44. The molecule has 1 aliphatic heterocycles. The molecule has 7 heteroatoms. The van der Waals surface area contributed by atoms with Crippen LogP contribution in [0, 0.1) is 0 Å². The van der Waals surface area contributed by atoms with Gasteiger partial charge < -0.3 is 10.2 Å². The van der Waals surface area contributed by atoms with Crippen LogP contribution < -0.4 is 15.5 Å². The average Bonchev–Trinajstić information content (AvgIpc) is 3.03. The van der Waals surface area contributed by atoms with Gasteiger partial charge in [-0.1, -0.05) is 36.5 Å². The van der Waals surface area contributed by atoms with Crippen LogP contribution in [0.15, 0.2) is 30.3 Å². The summed E-state index contributed by atoms with van der Waals surface area (Å²) < 4.78 is 0. The summed E-state index contributed by atoms with van der Waals surface area (Å²) in [5, 5.41) is 15.4. The van der Waals surface area contributed by atoms with Crippen molar-refractivity contribution in [1.82, 2.24) is 15.5 Å². The van der Waals surface area contributed by atoms with E-state index in [0.717, 1.165) is 43.8 Å². The molecule has 3 rings (SSSR count). The van der Waals surface area contributed by atoms with E-state index in [0.29, 0.717) is 5.13 Å². The summed E-state index contributed by atoms with van der Waals surface area (Å²) in [4.78, 5) is 14.5. The van der Waals surface area contributed by atoms with Gasteiger partial charge >= 0.3 is 6.03 Å². The van der Waals surface area contributed by atoms with Gasteiger partial charge in [0.15, 0.2) is 0 Å². The Labute approximate surface area is 146 Å². The van der Waals surface area contributed by atoms with Gasteiger partial charge in [-0.2, -0.15) is 0 Å². The topological polar surface area (TPSA) is 70.1 Å². The second-order valence-corrected chi connectivity index (χ2v) is 7.01. The Hall–Kier alpha value is -2.15. The molecule has 1 aromatic heterocycles. The van der Waals surface area contributed by atoms with E-state index in [1.165, 1.54) is 17.0 Å². The van der Waals surface area contributed by atoms with E-state index in [1.54, 1.807) is 0 Å². The number of nitrogens with zero attached hydrogens (tertiary/aromatic N) is 3. The molecule has 0 atom stereocenters. The third-order valence-electron chi connectivity index (χ3n) is 4.10. The van der Waals surface area contributed by atoms with Crippen molar-refractivity contribution in [3.8, 4) is 0 Å². The number of aromatic nitrogens is 2.